The molecule has 0 radical (unpaired) electrons. The molecular weight excluding hydrogens is 256 g/mol. The highest BCUT2D eigenvalue weighted by atomic mass is 32.2. The van der Waals surface area contributed by atoms with Crippen LogP contribution in [0.4, 0.5) is 5.69 Å². The van der Waals surface area contributed by atoms with Gasteiger partial charge in [-0.15, -0.1) is 0 Å². The standard InChI is InChI=1S/C11H18N2O2S2/c1-9-6-10(12)8-11(7-9)17(14,15)13(2)4-5-16-3/h6-8H,4-5,12H2,1-3H3. The molecule has 17 heavy (non-hydrogen) atoms. The van der Waals surface area contributed by atoms with Crippen molar-refractivity contribution < 1.29 is 8.42 Å². The molecule has 6 heteroatoms. The number of benzene rings is 1. The van der Waals surface area contributed by atoms with Crippen molar-refractivity contribution in [1.29, 1.82) is 0 Å². The maximum atomic E-state index is 12.2. The van der Waals surface area contributed by atoms with Crippen LogP contribution in [0.2, 0.25) is 0 Å². The van der Waals surface area contributed by atoms with Crippen molar-refractivity contribution in [2.45, 2.75) is 11.8 Å². The molecule has 0 atom stereocenters. The SMILES string of the molecule is CSCCN(C)S(=O)(=O)c1cc(C)cc(N)c1. The lowest BCUT2D eigenvalue weighted by atomic mass is 10.2. The van der Waals surface area contributed by atoms with Gasteiger partial charge in [0.25, 0.3) is 0 Å². The molecular formula is C11H18N2O2S2. The number of nitrogens with two attached hydrogens (primary N) is 1. The van der Waals surface area contributed by atoms with E-state index < -0.39 is 10.0 Å². The molecule has 1 aromatic rings. The highest BCUT2D eigenvalue weighted by Crippen LogP contribution is 2.19. The molecule has 0 aromatic heterocycles. The van der Waals surface area contributed by atoms with Gasteiger partial charge in [0.1, 0.15) is 0 Å². The fourth-order valence-electron chi connectivity index (χ4n) is 1.45. The molecule has 0 aliphatic rings. The average Bonchev–Trinajstić information content (AvgIpc) is 2.24. The van der Waals surface area contributed by atoms with Crippen molar-refractivity contribution in [1.82, 2.24) is 4.31 Å². The second-order valence-electron chi connectivity index (χ2n) is 3.90. The van der Waals surface area contributed by atoms with E-state index in [0.29, 0.717) is 12.2 Å². The molecule has 0 bridgehead atoms. The maximum Gasteiger partial charge on any atom is 0.242 e. The van der Waals surface area contributed by atoms with Gasteiger partial charge in [-0.05, 0) is 36.9 Å². The van der Waals surface area contributed by atoms with Gasteiger partial charge in [0.2, 0.25) is 10.0 Å². The number of nitrogen functional groups attached to an aromatic ring is 1. The molecule has 0 saturated carbocycles. The van der Waals surface area contributed by atoms with Gasteiger partial charge < -0.3 is 5.73 Å². The first-order valence-corrected chi connectivity index (χ1v) is 8.04. The van der Waals surface area contributed by atoms with Crippen LogP contribution in [0.3, 0.4) is 0 Å². The van der Waals surface area contributed by atoms with Crippen LogP contribution in [-0.4, -0.2) is 38.3 Å². The first-order chi connectivity index (χ1) is 7.87. The zero-order valence-electron chi connectivity index (χ0n) is 10.3. The Kier molecular flexibility index (Phi) is 4.85. The van der Waals surface area contributed by atoms with E-state index in [4.69, 9.17) is 5.73 Å². The van der Waals surface area contributed by atoms with E-state index in [2.05, 4.69) is 0 Å². The van der Waals surface area contributed by atoms with Crippen molar-refractivity contribution in [3.8, 4) is 0 Å². The smallest absolute Gasteiger partial charge is 0.242 e. The van der Waals surface area contributed by atoms with Crippen molar-refractivity contribution in [3.05, 3.63) is 23.8 Å². The summed E-state index contributed by atoms with van der Waals surface area (Å²) in [5.41, 5.74) is 6.99. The van der Waals surface area contributed by atoms with Gasteiger partial charge in [-0.1, -0.05) is 0 Å². The van der Waals surface area contributed by atoms with Crippen LogP contribution in [0.25, 0.3) is 0 Å². The highest BCUT2D eigenvalue weighted by molar-refractivity contribution is 7.98. The monoisotopic (exact) mass is 274 g/mol. The lowest BCUT2D eigenvalue weighted by molar-refractivity contribution is 0.488. The van der Waals surface area contributed by atoms with Crippen LogP contribution in [0, 0.1) is 6.92 Å². The third kappa shape index (κ3) is 3.62. The Morgan fingerprint density at radius 3 is 2.53 bits per heavy atom. The zero-order chi connectivity index (χ0) is 13.1. The van der Waals surface area contributed by atoms with Gasteiger partial charge in [-0.25, -0.2) is 12.7 Å². The molecule has 0 aliphatic heterocycles. The van der Waals surface area contributed by atoms with E-state index in [1.54, 1.807) is 30.9 Å². The molecule has 1 rings (SSSR count). The lowest BCUT2D eigenvalue weighted by Crippen LogP contribution is -2.29. The van der Waals surface area contributed by atoms with Gasteiger partial charge in [0.05, 0.1) is 4.90 Å². The predicted octanol–water partition coefficient (Wildman–Crippen LogP) is 1.56. The number of rotatable bonds is 5. The number of anilines is 1. The van der Waals surface area contributed by atoms with Gasteiger partial charge in [0.15, 0.2) is 0 Å². The summed E-state index contributed by atoms with van der Waals surface area (Å²) in [6, 6.07) is 4.89. The normalized spacial score (nSPS) is 12.0. The Morgan fingerprint density at radius 2 is 2.00 bits per heavy atom. The number of thioether (sulfide) groups is 1. The fourth-order valence-corrected chi connectivity index (χ4v) is 3.33. The van der Waals surface area contributed by atoms with Crippen LogP contribution in [-0.2, 0) is 10.0 Å². The maximum absolute atomic E-state index is 12.2. The second kappa shape index (κ2) is 5.75. The summed E-state index contributed by atoms with van der Waals surface area (Å²) >= 11 is 1.62. The van der Waals surface area contributed by atoms with Crippen molar-refractivity contribution in [2.75, 3.05) is 31.3 Å². The third-order valence-corrected chi connectivity index (χ3v) is 4.82. The van der Waals surface area contributed by atoms with E-state index >= 15 is 0 Å². The first-order valence-electron chi connectivity index (χ1n) is 5.20. The third-order valence-electron chi connectivity index (χ3n) is 2.39. The summed E-state index contributed by atoms with van der Waals surface area (Å²) in [6.07, 6.45) is 1.95. The van der Waals surface area contributed by atoms with E-state index in [9.17, 15) is 8.42 Å². The Hall–Kier alpha value is -0.720. The number of nitrogens with zero attached hydrogens (tertiary/aromatic N) is 1. The quantitative estimate of drug-likeness (QED) is 0.828. The van der Waals surface area contributed by atoms with Crippen molar-refractivity contribution >= 4 is 27.5 Å². The average molecular weight is 274 g/mol. The van der Waals surface area contributed by atoms with E-state index in [1.165, 1.54) is 10.4 Å². The molecule has 0 saturated heterocycles. The van der Waals surface area contributed by atoms with E-state index in [0.717, 1.165) is 11.3 Å². The molecule has 0 fully saturated rings. The zero-order valence-corrected chi connectivity index (χ0v) is 11.9. The largest absolute Gasteiger partial charge is 0.399 e. The second-order valence-corrected chi connectivity index (χ2v) is 6.93. The lowest BCUT2D eigenvalue weighted by Gasteiger charge is -2.17. The highest BCUT2D eigenvalue weighted by Gasteiger charge is 2.20. The van der Waals surface area contributed by atoms with Gasteiger partial charge in [0, 0.05) is 25.0 Å². The minimum Gasteiger partial charge on any atom is -0.399 e. The first kappa shape index (κ1) is 14.3. The molecule has 2 N–H and O–H groups in total. The summed E-state index contributed by atoms with van der Waals surface area (Å²) in [7, 11) is -1.83. The van der Waals surface area contributed by atoms with Crippen molar-refractivity contribution in [3.63, 3.8) is 0 Å². The summed E-state index contributed by atoms with van der Waals surface area (Å²) in [5, 5.41) is 0. The minimum atomic E-state index is -3.42. The molecule has 96 valence electrons. The van der Waals surface area contributed by atoms with E-state index in [-0.39, 0.29) is 4.90 Å². The number of aryl methyl sites for hydroxylation is 1. The van der Waals surface area contributed by atoms with Crippen LogP contribution in [0.15, 0.2) is 23.1 Å². The minimum absolute atomic E-state index is 0.263. The number of hydrogen-bond acceptors (Lipinski definition) is 4. The van der Waals surface area contributed by atoms with Gasteiger partial charge >= 0.3 is 0 Å². The summed E-state index contributed by atoms with van der Waals surface area (Å²) < 4.78 is 25.8. The molecule has 1 aromatic carbocycles. The summed E-state index contributed by atoms with van der Waals surface area (Å²) in [6.45, 7) is 2.33. The molecule has 0 unspecified atom stereocenters. The van der Waals surface area contributed by atoms with Crippen LogP contribution in [0.5, 0.6) is 0 Å². The van der Waals surface area contributed by atoms with Crippen LogP contribution < -0.4 is 5.73 Å². The molecule has 4 nitrogen and oxygen atoms in total. The molecule has 0 spiro atoms. The molecule has 0 amide bonds. The summed E-state index contributed by atoms with van der Waals surface area (Å²) in [5.74, 6) is 0.775. The van der Waals surface area contributed by atoms with Crippen molar-refractivity contribution in [2.24, 2.45) is 0 Å². The Labute approximate surface area is 107 Å². The predicted molar refractivity (Wildman–Crippen MR) is 73.8 cm³/mol. The van der Waals surface area contributed by atoms with E-state index in [1.807, 2.05) is 13.2 Å². The number of hydrogen-bond donors (Lipinski definition) is 1. The summed E-state index contributed by atoms with van der Waals surface area (Å²) in [4.78, 5) is 0.263. The topological polar surface area (TPSA) is 63.4 Å². The molecule has 0 heterocycles. The van der Waals surface area contributed by atoms with Gasteiger partial charge in [-0.2, -0.15) is 11.8 Å². The van der Waals surface area contributed by atoms with Gasteiger partial charge in [-0.3, -0.25) is 0 Å². The van der Waals surface area contributed by atoms with Crippen LogP contribution in [0.1, 0.15) is 5.56 Å². The number of sulfonamides is 1. The van der Waals surface area contributed by atoms with Crippen LogP contribution >= 0.6 is 11.8 Å². The fraction of sp³-hybridized carbons (Fsp3) is 0.455. The Bertz CT molecular complexity index is 466. The Morgan fingerprint density at radius 1 is 1.35 bits per heavy atom. The Balaban J connectivity index is 3.04. The molecule has 0 aliphatic carbocycles.